The van der Waals surface area contributed by atoms with Crippen LogP contribution >= 0.6 is 23.4 Å². The van der Waals surface area contributed by atoms with Crippen LogP contribution in [0.25, 0.3) is 11.0 Å². The number of benzene rings is 1. The highest BCUT2D eigenvalue weighted by atomic mass is 35.5. The van der Waals surface area contributed by atoms with Crippen LogP contribution in [0.2, 0.25) is 5.02 Å². The maximum Gasteiger partial charge on any atom is 0.230 e. The molecule has 0 aliphatic rings. The molecule has 0 radical (unpaired) electrons. The Hall–Kier alpha value is -1.20. The number of carbonyl (C=O) groups is 1. The smallest absolute Gasteiger partial charge is 0.230 e. The summed E-state index contributed by atoms with van der Waals surface area (Å²) in [5.74, 6) is 0.443. The van der Waals surface area contributed by atoms with Crippen LogP contribution < -0.4 is 5.32 Å². The summed E-state index contributed by atoms with van der Waals surface area (Å²) in [5.41, 5.74) is 1.95. The van der Waals surface area contributed by atoms with Gasteiger partial charge in [0.1, 0.15) is 0 Å². The van der Waals surface area contributed by atoms with Crippen LogP contribution in [-0.2, 0) is 11.3 Å². The molecule has 2 aromatic rings. The van der Waals surface area contributed by atoms with Crippen molar-refractivity contribution in [2.24, 2.45) is 0 Å². The minimum atomic E-state index is 0.0593. The minimum absolute atomic E-state index is 0.0593. The van der Waals surface area contributed by atoms with Gasteiger partial charge in [-0.25, -0.2) is 4.98 Å². The molecule has 1 amide bonds. The Balaban J connectivity index is 2.09. The summed E-state index contributed by atoms with van der Waals surface area (Å²) in [5, 5.41) is 4.59. The van der Waals surface area contributed by atoms with Crippen LogP contribution in [0, 0.1) is 0 Å². The maximum absolute atomic E-state index is 12.0. The van der Waals surface area contributed by atoms with E-state index in [1.807, 2.05) is 25.1 Å². The molecule has 2 rings (SSSR count). The second-order valence-corrected chi connectivity index (χ2v) is 7.10. The molecule has 0 saturated carbocycles. The third-order valence-electron chi connectivity index (χ3n) is 3.58. The normalized spacial score (nSPS) is 12.5. The monoisotopic (exact) mass is 353 g/mol. The number of carbonyl (C=O) groups excluding carboxylic acids is 1. The number of amides is 1. The first kappa shape index (κ1) is 18.1. The van der Waals surface area contributed by atoms with Crippen LogP contribution in [0.4, 0.5) is 0 Å². The van der Waals surface area contributed by atoms with E-state index in [0.29, 0.717) is 10.8 Å². The van der Waals surface area contributed by atoms with Gasteiger partial charge in [0.25, 0.3) is 0 Å². The third kappa shape index (κ3) is 4.88. The number of hydrogen-bond donors (Lipinski definition) is 1. The maximum atomic E-state index is 12.0. The van der Waals surface area contributed by atoms with Crippen molar-refractivity contribution >= 4 is 40.3 Å². The summed E-state index contributed by atoms with van der Waals surface area (Å²) in [4.78, 5) is 16.7. The molecule has 126 valence electrons. The van der Waals surface area contributed by atoms with Crippen molar-refractivity contribution < 1.29 is 4.79 Å². The molecule has 1 unspecified atom stereocenters. The summed E-state index contributed by atoms with van der Waals surface area (Å²) >= 11 is 7.54. The Morgan fingerprint density at radius 3 is 2.87 bits per heavy atom. The average molecular weight is 354 g/mol. The van der Waals surface area contributed by atoms with E-state index in [0.717, 1.165) is 42.0 Å². The Labute approximate surface area is 147 Å². The minimum Gasteiger partial charge on any atom is -0.353 e. The second-order valence-electron chi connectivity index (χ2n) is 5.72. The molecule has 0 aliphatic heterocycles. The fraction of sp³-hybridized carbons (Fsp3) is 0.529. The predicted molar refractivity (Wildman–Crippen MR) is 98.3 cm³/mol. The highest BCUT2D eigenvalue weighted by molar-refractivity contribution is 7.99. The number of aryl methyl sites for hydroxylation is 1. The Morgan fingerprint density at radius 1 is 1.39 bits per heavy atom. The lowest BCUT2D eigenvalue weighted by Crippen LogP contribution is -2.33. The molecule has 1 N–H and O–H groups in total. The molecule has 1 heterocycles. The Morgan fingerprint density at radius 2 is 2.17 bits per heavy atom. The molecule has 0 aliphatic carbocycles. The Kier molecular flexibility index (Phi) is 6.78. The number of halogens is 1. The highest BCUT2D eigenvalue weighted by Gasteiger charge is 2.14. The molecule has 1 atom stereocenters. The zero-order valence-corrected chi connectivity index (χ0v) is 15.5. The summed E-state index contributed by atoms with van der Waals surface area (Å²) in [7, 11) is 0. The molecule has 1 aromatic heterocycles. The number of hydrogen-bond acceptors (Lipinski definition) is 3. The van der Waals surface area contributed by atoms with Crippen LogP contribution in [0.1, 0.15) is 40.0 Å². The van der Waals surface area contributed by atoms with E-state index in [1.54, 1.807) is 0 Å². The van der Waals surface area contributed by atoms with E-state index in [9.17, 15) is 4.79 Å². The van der Waals surface area contributed by atoms with E-state index >= 15 is 0 Å². The molecular formula is C17H24ClN3OS. The topological polar surface area (TPSA) is 46.9 Å². The third-order valence-corrected chi connectivity index (χ3v) is 4.80. The molecule has 0 fully saturated rings. The summed E-state index contributed by atoms with van der Waals surface area (Å²) < 4.78 is 2.17. The molecule has 4 nitrogen and oxygen atoms in total. The lowest BCUT2D eigenvalue weighted by Gasteiger charge is -2.12. The fourth-order valence-electron chi connectivity index (χ4n) is 2.58. The quantitative estimate of drug-likeness (QED) is 0.711. The first-order chi connectivity index (χ1) is 11.0. The lowest BCUT2D eigenvalue weighted by molar-refractivity contribution is -0.119. The van der Waals surface area contributed by atoms with Gasteiger partial charge in [0.05, 0.1) is 16.8 Å². The van der Waals surface area contributed by atoms with Crippen LogP contribution in [0.3, 0.4) is 0 Å². The van der Waals surface area contributed by atoms with Gasteiger partial charge in [-0.2, -0.15) is 0 Å². The fourth-order valence-corrected chi connectivity index (χ4v) is 3.60. The number of thioether (sulfide) groups is 1. The van der Waals surface area contributed by atoms with Crippen LogP contribution in [-0.4, -0.2) is 27.3 Å². The first-order valence-corrected chi connectivity index (χ1v) is 9.49. The van der Waals surface area contributed by atoms with Gasteiger partial charge in [-0.3, -0.25) is 4.79 Å². The number of nitrogens with zero attached hydrogens (tertiary/aromatic N) is 2. The van der Waals surface area contributed by atoms with Crippen molar-refractivity contribution in [1.29, 1.82) is 0 Å². The molecule has 23 heavy (non-hydrogen) atoms. The highest BCUT2D eigenvalue weighted by Crippen LogP contribution is 2.26. The van der Waals surface area contributed by atoms with Gasteiger partial charge in [0, 0.05) is 17.6 Å². The van der Waals surface area contributed by atoms with Crippen molar-refractivity contribution in [3.63, 3.8) is 0 Å². The number of imidazole rings is 1. The van der Waals surface area contributed by atoms with Gasteiger partial charge >= 0.3 is 0 Å². The Bertz CT molecular complexity index is 671. The zero-order valence-electron chi connectivity index (χ0n) is 13.9. The summed E-state index contributed by atoms with van der Waals surface area (Å²) in [6.45, 7) is 7.18. The van der Waals surface area contributed by atoms with Crippen molar-refractivity contribution in [1.82, 2.24) is 14.9 Å². The number of rotatable bonds is 8. The first-order valence-electron chi connectivity index (χ1n) is 8.13. The molecule has 1 aromatic carbocycles. The summed E-state index contributed by atoms with van der Waals surface area (Å²) in [6.07, 6.45) is 3.09. The second kappa shape index (κ2) is 8.60. The van der Waals surface area contributed by atoms with Gasteiger partial charge in [-0.1, -0.05) is 43.6 Å². The van der Waals surface area contributed by atoms with Gasteiger partial charge in [-0.05, 0) is 38.0 Å². The van der Waals surface area contributed by atoms with Crippen molar-refractivity contribution in [2.75, 3.05) is 5.75 Å². The van der Waals surface area contributed by atoms with Crippen LogP contribution in [0.15, 0.2) is 23.4 Å². The van der Waals surface area contributed by atoms with Gasteiger partial charge in [0.15, 0.2) is 5.16 Å². The SMILES string of the molecule is CCCC(C)NC(=O)CSc1nc2cc(Cl)ccc2n1CCC. The molecule has 6 heteroatoms. The van der Waals surface area contributed by atoms with E-state index in [1.165, 1.54) is 11.8 Å². The van der Waals surface area contributed by atoms with Gasteiger partial charge < -0.3 is 9.88 Å². The molecule has 0 bridgehead atoms. The molecular weight excluding hydrogens is 330 g/mol. The number of fused-ring (bicyclic) bond motifs is 1. The van der Waals surface area contributed by atoms with E-state index < -0.39 is 0 Å². The predicted octanol–water partition coefficient (Wildman–Crippen LogP) is 4.50. The molecule has 0 spiro atoms. The van der Waals surface area contributed by atoms with Gasteiger partial charge in [0.2, 0.25) is 5.91 Å². The average Bonchev–Trinajstić information content (AvgIpc) is 2.83. The number of aromatic nitrogens is 2. The standard InChI is InChI=1S/C17H24ClN3OS/c1-4-6-12(3)19-16(22)11-23-17-20-14-10-13(18)7-8-15(14)21(17)9-5-2/h7-8,10,12H,4-6,9,11H2,1-3H3,(H,19,22). The lowest BCUT2D eigenvalue weighted by atomic mass is 10.2. The van der Waals surface area contributed by atoms with Gasteiger partial charge in [-0.15, -0.1) is 0 Å². The summed E-state index contributed by atoms with van der Waals surface area (Å²) in [6, 6.07) is 5.97. The van der Waals surface area contributed by atoms with E-state index in [2.05, 4.69) is 28.7 Å². The van der Waals surface area contributed by atoms with E-state index in [-0.39, 0.29) is 11.9 Å². The molecule has 0 saturated heterocycles. The van der Waals surface area contributed by atoms with E-state index in [4.69, 9.17) is 11.6 Å². The zero-order chi connectivity index (χ0) is 16.8. The van der Waals surface area contributed by atoms with Crippen molar-refractivity contribution in [3.05, 3.63) is 23.2 Å². The van der Waals surface area contributed by atoms with Crippen LogP contribution in [0.5, 0.6) is 0 Å². The number of nitrogens with one attached hydrogen (secondary N) is 1. The van der Waals surface area contributed by atoms with Crippen molar-refractivity contribution in [3.8, 4) is 0 Å². The van der Waals surface area contributed by atoms with Crippen molar-refractivity contribution in [2.45, 2.75) is 57.8 Å². The largest absolute Gasteiger partial charge is 0.353 e.